The van der Waals surface area contributed by atoms with Crippen LogP contribution >= 0.6 is 11.6 Å². The average Bonchev–Trinajstić information content (AvgIpc) is 2.79. The summed E-state index contributed by atoms with van der Waals surface area (Å²) in [5, 5.41) is 0.804. The first-order chi connectivity index (χ1) is 9.52. The number of rotatable bonds is 5. The minimum Gasteiger partial charge on any atom is -0.465 e. The molecule has 1 unspecified atom stereocenters. The molecule has 2 N–H and O–H groups in total. The SMILES string of the molecule is Cc1oc(CN)cc1CN(C)C(C)c1ccccc1Cl. The molecule has 1 aromatic heterocycles. The third kappa shape index (κ3) is 3.23. The Morgan fingerprint density at radius 2 is 2.05 bits per heavy atom. The molecule has 1 atom stereocenters. The summed E-state index contributed by atoms with van der Waals surface area (Å²) in [7, 11) is 2.09. The minimum atomic E-state index is 0.235. The molecule has 0 fully saturated rings. The second-order valence-electron chi connectivity index (χ2n) is 5.11. The molecule has 0 aliphatic rings. The first-order valence-corrected chi connectivity index (χ1v) is 7.13. The lowest BCUT2D eigenvalue weighted by molar-refractivity contribution is 0.251. The number of benzene rings is 1. The van der Waals surface area contributed by atoms with Gasteiger partial charge in [-0.3, -0.25) is 4.90 Å². The second kappa shape index (κ2) is 6.44. The van der Waals surface area contributed by atoms with E-state index in [0.717, 1.165) is 28.7 Å². The summed E-state index contributed by atoms with van der Waals surface area (Å²) in [6.07, 6.45) is 0. The van der Waals surface area contributed by atoms with E-state index in [2.05, 4.69) is 24.9 Å². The monoisotopic (exact) mass is 292 g/mol. The molecule has 0 amide bonds. The zero-order valence-corrected chi connectivity index (χ0v) is 12.9. The summed E-state index contributed by atoms with van der Waals surface area (Å²) < 4.78 is 5.60. The molecule has 1 heterocycles. The first-order valence-electron chi connectivity index (χ1n) is 6.75. The quantitative estimate of drug-likeness (QED) is 0.909. The van der Waals surface area contributed by atoms with Gasteiger partial charge in [0.2, 0.25) is 0 Å². The summed E-state index contributed by atoms with van der Waals surface area (Å²) in [6, 6.07) is 10.2. The molecule has 4 heteroatoms. The summed E-state index contributed by atoms with van der Waals surface area (Å²) in [5.41, 5.74) is 7.92. The van der Waals surface area contributed by atoms with Gasteiger partial charge in [-0.1, -0.05) is 29.8 Å². The van der Waals surface area contributed by atoms with E-state index >= 15 is 0 Å². The van der Waals surface area contributed by atoms with Crippen LogP contribution in [0.1, 0.15) is 35.6 Å². The molecule has 2 rings (SSSR count). The van der Waals surface area contributed by atoms with E-state index in [1.54, 1.807) is 0 Å². The van der Waals surface area contributed by atoms with Gasteiger partial charge in [0.1, 0.15) is 11.5 Å². The van der Waals surface area contributed by atoms with E-state index in [-0.39, 0.29) is 6.04 Å². The molecule has 108 valence electrons. The van der Waals surface area contributed by atoms with E-state index in [0.29, 0.717) is 6.54 Å². The van der Waals surface area contributed by atoms with Crippen molar-refractivity contribution in [1.82, 2.24) is 4.90 Å². The Morgan fingerprint density at radius 1 is 1.35 bits per heavy atom. The van der Waals surface area contributed by atoms with E-state index < -0.39 is 0 Å². The summed E-state index contributed by atoms with van der Waals surface area (Å²) in [6.45, 7) is 5.37. The van der Waals surface area contributed by atoms with Gasteiger partial charge in [0.05, 0.1) is 6.54 Å². The van der Waals surface area contributed by atoms with Gasteiger partial charge in [-0.15, -0.1) is 0 Å². The van der Waals surface area contributed by atoms with Gasteiger partial charge in [-0.05, 0) is 38.6 Å². The van der Waals surface area contributed by atoms with Crippen LogP contribution in [0.25, 0.3) is 0 Å². The third-order valence-electron chi connectivity index (χ3n) is 3.71. The lowest BCUT2D eigenvalue weighted by atomic mass is 10.1. The molecule has 0 aliphatic carbocycles. The molecular formula is C16H21ClN2O. The van der Waals surface area contributed by atoms with Crippen molar-refractivity contribution >= 4 is 11.6 Å². The number of hydrogen-bond donors (Lipinski definition) is 1. The number of nitrogens with two attached hydrogens (primary N) is 1. The molecule has 0 saturated carbocycles. The topological polar surface area (TPSA) is 42.4 Å². The highest BCUT2D eigenvalue weighted by molar-refractivity contribution is 6.31. The molecule has 0 saturated heterocycles. The molecule has 0 bridgehead atoms. The van der Waals surface area contributed by atoms with Gasteiger partial charge in [0, 0.05) is 23.2 Å². The predicted octanol–water partition coefficient (Wildman–Crippen LogP) is 3.89. The molecule has 0 radical (unpaired) electrons. The molecule has 20 heavy (non-hydrogen) atoms. The number of hydrogen-bond acceptors (Lipinski definition) is 3. The van der Waals surface area contributed by atoms with Crippen molar-refractivity contribution in [3.05, 3.63) is 58.0 Å². The Balaban J connectivity index is 2.13. The lowest BCUT2D eigenvalue weighted by Gasteiger charge is -2.25. The molecule has 0 spiro atoms. The zero-order valence-electron chi connectivity index (χ0n) is 12.2. The standard InChI is InChI=1S/C16H21ClN2O/c1-11(15-6-4-5-7-16(15)17)19(3)10-13-8-14(9-18)20-12(13)2/h4-8,11H,9-10,18H2,1-3H3. The Morgan fingerprint density at radius 3 is 2.65 bits per heavy atom. The van der Waals surface area contributed by atoms with Crippen LogP contribution in [0.3, 0.4) is 0 Å². The minimum absolute atomic E-state index is 0.235. The lowest BCUT2D eigenvalue weighted by Crippen LogP contribution is -2.22. The Labute approximate surface area is 125 Å². The van der Waals surface area contributed by atoms with Crippen LogP contribution in [0.2, 0.25) is 5.02 Å². The van der Waals surface area contributed by atoms with Crippen molar-refractivity contribution in [3.8, 4) is 0 Å². The normalized spacial score (nSPS) is 12.9. The van der Waals surface area contributed by atoms with Crippen LogP contribution in [0.5, 0.6) is 0 Å². The van der Waals surface area contributed by atoms with Crippen LogP contribution in [0, 0.1) is 6.92 Å². The number of furan rings is 1. The fourth-order valence-corrected chi connectivity index (χ4v) is 2.60. The summed E-state index contributed by atoms with van der Waals surface area (Å²) >= 11 is 6.26. The van der Waals surface area contributed by atoms with Gasteiger partial charge < -0.3 is 10.2 Å². The highest BCUT2D eigenvalue weighted by Crippen LogP contribution is 2.28. The Bertz CT molecular complexity index is 580. The Hall–Kier alpha value is -1.29. The van der Waals surface area contributed by atoms with Crippen LogP contribution in [0.4, 0.5) is 0 Å². The maximum Gasteiger partial charge on any atom is 0.118 e. The van der Waals surface area contributed by atoms with Crippen molar-refractivity contribution in [2.24, 2.45) is 5.73 Å². The first kappa shape index (κ1) is 15.1. The maximum atomic E-state index is 6.26. The van der Waals surface area contributed by atoms with Gasteiger partial charge in [-0.2, -0.15) is 0 Å². The van der Waals surface area contributed by atoms with Crippen LogP contribution in [-0.2, 0) is 13.1 Å². The van der Waals surface area contributed by atoms with Crippen molar-refractivity contribution in [2.75, 3.05) is 7.05 Å². The van der Waals surface area contributed by atoms with Crippen molar-refractivity contribution < 1.29 is 4.42 Å². The highest BCUT2D eigenvalue weighted by atomic mass is 35.5. The highest BCUT2D eigenvalue weighted by Gasteiger charge is 2.16. The van der Waals surface area contributed by atoms with E-state index in [1.165, 1.54) is 5.56 Å². The van der Waals surface area contributed by atoms with Crippen molar-refractivity contribution in [2.45, 2.75) is 33.0 Å². The van der Waals surface area contributed by atoms with E-state index in [4.69, 9.17) is 21.8 Å². The molecular weight excluding hydrogens is 272 g/mol. The maximum absolute atomic E-state index is 6.26. The molecule has 3 nitrogen and oxygen atoms in total. The Kier molecular flexibility index (Phi) is 4.86. The van der Waals surface area contributed by atoms with E-state index in [1.807, 2.05) is 31.2 Å². The second-order valence-corrected chi connectivity index (χ2v) is 5.52. The van der Waals surface area contributed by atoms with Crippen LogP contribution < -0.4 is 5.73 Å². The van der Waals surface area contributed by atoms with Crippen LogP contribution in [0.15, 0.2) is 34.7 Å². The fraction of sp³-hybridized carbons (Fsp3) is 0.375. The van der Waals surface area contributed by atoms with Gasteiger partial charge in [-0.25, -0.2) is 0 Å². The summed E-state index contributed by atoms with van der Waals surface area (Å²) in [5.74, 6) is 1.76. The van der Waals surface area contributed by atoms with Gasteiger partial charge >= 0.3 is 0 Å². The van der Waals surface area contributed by atoms with Gasteiger partial charge in [0.25, 0.3) is 0 Å². The fourth-order valence-electron chi connectivity index (χ4n) is 2.30. The summed E-state index contributed by atoms with van der Waals surface area (Å²) in [4.78, 5) is 2.25. The van der Waals surface area contributed by atoms with E-state index in [9.17, 15) is 0 Å². The van der Waals surface area contributed by atoms with Crippen molar-refractivity contribution in [3.63, 3.8) is 0 Å². The zero-order chi connectivity index (χ0) is 14.7. The predicted molar refractivity (Wildman–Crippen MR) is 82.7 cm³/mol. The molecule has 0 aliphatic heterocycles. The molecule has 1 aromatic carbocycles. The third-order valence-corrected chi connectivity index (χ3v) is 4.05. The average molecular weight is 293 g/mol. The van der Waals surface area contributed by atoms with Gasteiger partial charge in [0.15, 0.2) is 0 Å². The molecule has 2 aromatic rings. The number of halogens is 1. The largest absolute Gasteiger partial charge is 0.465 e. The van der Waals surface area contributed by atoms with Crippen molar-refractivity contribution in [1.29, 1.82) is 0 Å². The number of nitrogens with zero attached hydrogens (tertiary/aromatic N) is 1. The number of aryl methyl sites for hydroxylation is 1. The van der Waals surface area contributed by atoms with Crippen LogP contribution in [-0.4, -0.2) is 11.9 Å². The smallest absolute Gasteiger partial charge is 0.118 e.